The summed E-state index contributed by atoms with van der Waals surface area (Å²) >= 11 is 1.49. The number of carbonyl (C=O) groups excluding carboxylic acids is 1. The number of benzene rings is 2. The highest BCUT2D eigenvalue weighted by Gasteiger charge is 2.31. The van der Waals surface area contributed by atoms with Crippen molar-refractivity contribution in [1.29, 1.82) is 0 Å². The van der Waals surface area contributed by atoms with Crippen LogP contribution in [0, 0.1) is 13.8 Å². The molecule has 2 aliphatic rings. The predicted molar refractivity (Wildman–Crippen MR) is 125 cm³/mol. The van der Waals surface area contributed by atoms with E-state index in [1.807, 2.05) is 23.2 Å². The summed E-state index contributed by atoms with van der Waals surface area (Å²) in [5.41, 5.74) is 4.68. The van der Waals surface area contributed by atoms with E-state index >= 15 is 0 Å². The number of ether oxygens (including phenoxy) is 2. The monoisotopic (exact) mass is 449 g/mol. The van der Waals surface area contributed by atoms with Crippen molar-refractivity contribution in [1.82, 2.24) is 14.5 Å². The predicted octanol–water partition coefficient (Wildman–Crippen LogP) is 4.72. The Morgan fingerprint density at radius 2 is 2.00 bits per heavy atom. The number of hydrogen-bond donors (Lipinski definition) is 0. The van der Waals surface area contributed by atoms with Gasteiger partial charge in [-0.2, -0.15) is 0 Å². The molecular formula is C25H27N3O3S. The summed E-state index contributed by atoms with van der Waals surface area (Å²) in [6.07, 6.45) is 5.73. The van der Waals surface area contributed by atoms with Crippen LogP contribution in [-0.4, -0.2) is 45.9 Å². The molecule has 3 heterocycles. The molecule has 166 valence electrons. The Morgan fingerprint density at radius 3 is 2.88 bits per heavy atom. The average molecular weight is 450 g/mol. The molecule has 0 spiro atoms. The number of amides is 1. The molecule has 32 heavy (non-hydrogen) atoms. The van der Waals surface area contributed by atoms with Gasteiger partial charge in [-0.3, -0.25) is 9.36 Å². The molecule has 1 unspecified atom stereocenters. The number of rotatable bonds is 5. The smallest absolute Gasteiger partial charge is 0.233 e. The summed E-state index contributed by atoms with van der Waals surface area (Å²) < 4.78 is 13.5. The molecular weight excluding hydrogens is 422 g/mol. The molecule has 7 heteroatoms. The van der Waals surface area contributed by atoms with Crippen LogP contribution in [0.2, 0.25) is 0 Å². The SMILES string of the molecule is Cc1cccc(-n2ccnc2SCC(=O)N2CCCC2c2ccc3c(c2)OCCO3)c1C. The normalized spacial score (nSPS) is 17.6. The van der Waals surface area contributed by atoms with Gasteiger partial charge in [-0.05, 0) is 61.6 Å². The second kappa shape index (κ2) is 8.90. The number of nitrogens with zero attached hydrogens (tertiary/aromatic N) is 3. The largest absolute Gasteiger partial charge is 0.486 e. The third-order valence-corrected chi connectivity index (χ3v) is 7.24. The van der Waals surface area contributed by atoms with E-state index in [9.17, 15) is 4.79 Å². The molecule has 0 saturated carbocycles. The second-order valence-electron chi connectivity index (χ2n) is 8.24. The lowest BCUT2D eigenvalue weighted by Crippen LogP contribution is -2.32. The van der Waals surface area contributed by atoms with Crippen LogP contribution < -0.4 is 9.47 Å². The fraction of sp³-hybridized carbons (Fsp3) is 0.360. The van der Waals surface area contributed by atoms with Gasteiger partial charge in [-0.25, -0.2) is 4.98 Å². The fourth-order valence-corrected chi connectivity index (χ4v) is 5.32. The van der Waals surface area contributed by atoms with Gasteiger partial charge in [-0.1, -0.05) is 30.0 Å². The van der Waals surface area contributed by atoms with Crippen LogP contribution in [0.3, 0.4) is 0 Å². The van der Waals surface area contributed by atoms with E-state index in [2.05, 4.69) is 47.7 Å². The Kier molecular flexibility index (Phi) is 5.83. The second-order valence-corrected chi connectivity index (χ2v) is 9.18. The van der Waals surface area contributed by atoms with E-state index in [4.69, 9.17) is 9.47 Å². The van der Waals surface area contributed by atoms with Gasteiger partial charge < -0.3 is 14.4 Å². The van der Waals surface area contributed by atoms with E-state index in [0.717, 1.165) is 47.3 Å². The third kappa shape index (κ3) is 3.97. The average Bonchev–Trinajstić information content (AvgIpc) is 3.49. The number of carbonyl (C=O) groups is 1. The van der Waals surface area contributed by atoms with Crippen molar-refractivity contribution >= 4 is 17.7 Å². The Labute approximate surface area is 192 Å². The molecule has 1 aromatic heterocycles. The van der Waals surface area contributed by atoms with Crippen LogP contribution in [0.4, 0.5) is 0 Å². The number of imidazole rings is 1. The van der Waals surface area contributed by atoms with Crippen molar-refractivity contribution in [3.8, 4) is 17.2 Å². The summed E-state index contributed by atoms with van der Waals surface area (Å²) in [5, 5.41) is 0.835. The molecule has 1 fully saturated rings. The van der Waals surface area contributed by atoms with E-state index in [0.29, 0.717) is 19.0 Å². The molecule has 1 amide bonds. The first kappa shape index (κ1) is 20.9. The van der Waals surface area contributed by atoms with Crippen molar-refractivity contribution < 1.29 is 14.3 Å². The topological polar surface area (TPSA) is 56.6 Å². The van der Waals surface area contributed by atoms with Gasteiger partial charge in [0.2, 0.25) is 5.91 Å². The van der Waals surface area contributed by atoms with E-state index in [1.54, 1.807) is 6.20 Å². The third-order valence-electron chi connectivity index (χ3n) is 6.29. The molecule has 1 saturated heterocycles. The first-order chi connectivity index (χ1) is 15.6. The first-order valence-corrected chi connectivity index (χ1v) is 12.0. The molecule has 6 nitrogen and oxygen atoms in total. The minimum Gasteiger partial charge on any atom is -0.486 e. The molecule has 1 atom stereocenters. The van der Waals surface area contributed by atoms with Gasteiger partial charge in [0.25, 0.3) is 0 Å². The molecule has 2 aromatic carbocycles. The lowest BCUT2D eigenvalue weighted by Gasteiger charge is -2.26. The molecule has 0 aliphatic carbocycles. The maximum absolute atomic E-state index is 13.2. The minimum atomic E-state index is 0.0812. The Morgan fingerprint density at radius 1 is 1.16 bits per heavy atom. The summed E-state index contributed by atoms with van der Waals surface area (Å²) in [7, 11) is 0. The van der Waals surface area contributed by atoms with Crippen molar-refractivity contribution in [2.75, 3.05) is 25.5 Å². The number of aryl methyl sites for hydroxylation is 1. The zero-order chi connectivity index (χ0) is 22.1. The number of hydrogen-bond acceptors (Lipinski definition) is 5. The lowest BCUT2D eigenvalue weighted by molar-refractivity contribution is -0.129. The van der Waals surface area contributed by atoms with Crippen molar-refractivity contribution in [2.45, 2.75) is 37.9 Å². The van der Waals surface area contributed by atoms with Gasteiger partial charge >= 0.3 is 0 Å². The van der Waals surface area contributed by atoms with Gasteiger partial charge in [-0.15, -0.1) is 0 Å². The molecule has 0 bridgehead atoms. The van der Waals surface area contributed by atoms with E-state index < -0.39 is 0 Å². The lowest BCUT2D eigenvalue weighted by atomic mass is 10.0. The number of aromatic nitrogens is 2. The highest BCUT2D eigenvalue weighted by molar-refractivity contribution is 7.99. The molecule has 3 aromatic rings. The standard InChI is InChI=1S/C25H27N3O3S/c1-17-5-3-6-20(18(17)2)28-12-10-26-25(28)32-16-24(29)27-11-4-7-21(27)19-8-9-22-23(15-19)31-14-13-30-22/h3,5-6,8-10,12,15,21H,4,7,11,13-14,16H2,1-2H3. The van der Waals surface area contributed by atoms with E-state index in [1.165, 1.54) is 22.9 Å². The van der Waals surface area contributed by atoms with Gasteiger partial charge in [0.15, 0.2) is 16.7 Å². The Hall–Kier alpha value is -2.93. The summed E-state index contributed by atoms with van der Waals surface area (Å²) in [6.45, 7) is 6.15. The number of fused-ring (bicyclic) bond motifs is 1. The maximum atomic E-state index is 13.2. The summed E-state index contributed by atoms with van der Waals surface area (Å²) in [4.78, 5) is 19.7. The fourth-order valence-electron chi connectivity index (χ4n) is 4.46. The number of thioether (sulfide) groups is 1. The first-order valence-electron chi connectivity index (χ1n) is 11.0. The van der Waals surface area contributed by atoms with Crippen LogP contribution in [0.15, 0.2) is 53.9 Å². The molecule has 5 rings (SSSR count). The Balaban J connectivity index is 1.30. The van der Waals surface area contributed by atoms with Crippen molar-refractivity contribution in [2.24, 2.45) is 0 Å². The van der Waals surface area contributed by atoms with Crippen LogP contribution in [0.5, 0.6) is 11.5 Å². The summed E-state index contributed by atoms with van der Waals surface area (Å²) in [5.74, 6) is 2.06. The highest BCUT2D eigenvalue weighted by atomic mass is 32.2. The van der Waals surface area contributed by atoms with Crippen LogP contribution in [0.1, 0.15) is 35.6 Å². The van der Waals surface area contributed by atoms with Crippen molar-refractivity contribution in [3.05, 3.63) is 65.5 Å². The summed E-state index contributed by atoms with van der Waals surface area (Å²) in [6, 6.07) is 12.4. The van der Waals surface area contributed by atoms with Crippen LogP contribution >= 0.6 is 11.8 Å². The quantitative estimate of drug-likeness (QED) is 0.528. The van der Waals surface area contributed by atoms with Gasteiger partial charge in [0.05, 0.1) is 17.5 Å². The highest BCUT2D eigenvalue weighted by Crippen LogP contribution is 2.38. The van der Waals surface area contributed by atoms with Crippen LogP contribution in [-0.2, 0) is 4.79 Å². The van der Waals surface area contributed by atoms with Gasteiger partial charge in [0.1, 0.15) is 13.2 Å². The zero-order valence-corrected chi connectivity index (χ0v) is 19.2. The minimum absolute atomic E-state index is 0.0812. The Bertz CT molecular complexity index is 1140. The zero-order valence-electron chi connectivity index (χ0n) is 18.4. The molecule has 0 N–H and O–H groups in total. The molecule has 2 aliphatic heterocycles. The van der Waals surface area contributed by atoms with Gasteiger partial charge in [0, 0.05) is 18.9 Å². The molecule has 0 radical (unpaired) electrons. The van der Waals surface area contributed by atoms with Crippen LogP contribution in [0.25, 0.3) is 5.69 Å². The van der Waals surface area contributed by atoms with Crippen molar-refractivity contribution in [3.63, 3.8) is 0 Å². The number of likely N-dealkylation sites (tertiary alicyclic amines) is 1. The maximum Gasteiger partial charge on any atom is 0.233 e. The van der Waals surface area contributed by atoms with E-state index in [-0.39, 0.29) is 11.9 Å².